The molecule has 0 aromatic heterocycles. The Hall–Kier alpha value is -1.79. The molecule has 0 saturated carbocycles. The summed E-state index contributed by atoms with van der Waals surface area (Å²) in [5.74, 6) is 0.0366. The molecule has 1 aliphatic heterocycles. The summed E-state index contributed by atoms with van der Waals surface area (Å²) in [5.41, 5.74) is 7.10. The van der Waals surface area contributed by atoms with E-state index in [0.717, 1.165) is 5.56 Å². The Kier molecular flexibility index (Phi) is 8.11. The first-order valence-electron chi connectivity index (χ1n) is 9.26. The highest BCUT2D eigenvalue weighted by Gasteiger charge is 2.38. The molecule has 1 fully saturated rings. The van der Waals surface area contributed by atoms with E-state index in [1.807, 2.05) is 65.0 Å². The molecule has 27 heavy (non-hydrogen) atoms. The number of rotatable bonds is 4. The van der Waals surface area contributed by atoms with Crippen molar-refractivity contribution in [1.29, 1.82) is 0 Å². The largest absolute Gasteiger partial charge is 0.339 e. The van der Waals surface area contributed by atoms with Crippen molar-refractivity contribution in [2.75, 3.05) is 13.1 Å². The lowest BCUT2D eigenvalue weighted by atomic mass is 9.95. The highest BCUT2D eigenvalue weighted by molar-refractivity contribution is 5.87. The number of nitrogens with zero attached hydrogens (tertiary/aromatic N) is 1. The maximum Gasteiger partial charge on any atom is 0.315 e. The van der Waals surface area contributed by atoms with E-state index < -0.39 is 6.04 Å². The van der Waals surface area contributed by atoms with E-state index in [-0.39, 0.29) is 47.8 Å². The highest BCUT2D eigenvalue weighted by atomic mass is 35.5. The molecule has 1 saturated heterocycles. The molecule has 0 spiro atoms. The molecule has 6 nitrogen and oxygen atoms in total. The molecule has 2 rings (SSSR count). The summed E-state index contributed by atoms with van der Waals surface area (Å²) in [4.78, 5) is 27.0. The van der Waals surface area contributed by atoms with E-state index in [9.17, 15) is 9.59 Å². The lowest BCUT2D eigenvalue weighted by Crippen LogP contribution is -2.56. The zero-order valence-electron chi connectivity index (χ0n) is 16.9. The number of likely N-dealkylation sites (tertiary alicyclic amines) is 1. The summed E-state index contributed by atoms with van der Waals surface area (Å²) >= 11 is 0. The van der Waals surface area contributed by atoms with Crippen molar-refractivity contribution < 1.29 is 9.59 Å². The summed E-state index contributed by atoms with van der Waals surface area (Å²) in [5, 5.41) is 5.68. The van der Waals surface area contributed by atoms with Crippen LogP contribution in [0.15, 0.2) is 30.3 Å². The fourth-order valence-corrected chi connectivity index (χ4v) is 3.29. The van der Waals surface area contributed by atoms with Crippen LogP contribution in [0.5, 0.6) is 0 Å². The lowest BCUT2D eigenvalue weighted by Gasteiger charge is -2.29. The minimum atomic E-state index is -0.570. The number of urea groups is 1. The summed E-state index contributed by atoms with van der Waals surface area (Å²) in [6.45, 7) is 10.7. The topological polar surface area (TPSA) is 87.5 Å². The van der Waals surface area contributed by atoms with Gasteiger partial charge in [-0.3, -0.25) is 4.79 Å². The average molecular weight is 397 g/mol. The van der Waals surface area contributed by atoms with E-state index in [2.05, 4.69) is 10.6 Å². The van der Waals surface area contributed by atoms with Crippen LogP contribution in [0, 0.1) is 5.92 Å². The third-order valence-corrected chi connectivity index (χ3v) is 4.61. The van der Waals surface area contributed by atoms with Crippen LogP contribution in [0.2, 0.25) is 0 Å². The van der Waals surface area contributed by atoms with Crippen molar-refractivity contribution >= 4 is 24.3 Å². The molecular weight excluding hydrogens is 364 g/mol. The second-order valence-electron chi connectivity index (χ2n) is 8.49. The molecule has 0 aliphatic carbocycles. The highest BCUT2D eigenvalue weighted by Crippen LogP contribution is 2.27. The van der Waals surface area contributed by atoms with Gasteiger partial charge in [-0.05, 0) is 32.3 Å². The summed E-state index contributed by atoms with van der Waals surface area (Å²) in [6, 6.07) is 9.05. The second-order valence-corrected chi connectivity index (χ2v) is 8.49. The van der Waals surface area contributed by atoms with Crippen LogP contribution in [-0.2, 0) is 4.79 Å². The zero-order valence-corrected chi connectivity index (χ0v) is 17.7. The van der Waals surface area contributed by atoms with Gasteiger partial charge in [0.05, 0.1) is 0 Å². The molecule has 3 amide bonds. The number of carbonyl (C=O) groups is 2. The minimum absolute atomic E-state index is 0. The van der Waals surface area contributed by atoms with E-state index in [4.69, 9.17) is 5.73 Å². The Balaban J connectivity index is 0.00000364. The fourth-order valence-electron chi connectivity index (χ4n) is 3.29. The number of hydrogen-bond acceptors (Lipinski definition) is 3. The molecule has 1 heterocycles. The molecule has 0 unspecified atom stereocenters. The number of carbonyl (C=O) groups excluding carboxylic acids is 2. The van der Waals surface area contributed by atoms with Gasteiger partial charge in [0.25, 0.3) is 0 Å². The Morgan fingerprint density at radius 3 is 2.26 bits per heavy atom. The molecule has 1 aliphatic rings. The molecule has 3 atom stereocenters. The molecule has 4 N–H and O–H groups in total. The Bertz CT molecular complexity index is 631. The second kappa shape index (κ2) is 9.42. The number of nitrogens with two attached hydrogens (primary N) is 1. The van der Waals surface area contributed by atoms with Gasteiger partial charge in [-0.2, -0.15) is 0 Å². The molecule has 0 radical (unpaired) electrons. The summed E-state index contributed by atoms with van der Waals surface area (Å²) in [6.07, 6.45) is 0. The van der Waals surface area contributed by atoms with Gasteiger partial charge in [-0.1, -0.05) is 44.2 Å². The van der Waals surface area contributed by atoms with Crippen molar-refractivity contribution in [1.82, 2.24) is 15.5 Å². The first-order valence-corrected chi connectivity index (χ1v) is 9.26. The average Bonchev–Trinajstić information content (AvgIpc) is 2.93. The molecule has 1 aromatic carbocycles. The number of benzene rings is 1. The van der Waals surface area contributed by atoms with Crippen molar-refractivity contribution in [3.05, 3.63) is 35.9 Å². The maximum atomic E-state index is 13.0. The van der Waals surface area contributed by atoms with Crippen LogP contribution in [0.3, 0.4) is 0 Å². The lowest BCUT2D eigenvalue weighted by molar-refractivity contribution is -0.133. The smallest absolute Gasteiger partial charge is 0.315 e. The molecule has 7 heteroatoms. The monoisotopic (exact) mass is 396 g/mol. The maximum absolute atomic E-state index is 13.0. The van der Waals surface area contributed by atoms with Crippen LogP contribution in [0.25, 0.3) is 0 Å². The van der Waals surface area contributed by atoms with Crippen molar-refractivity contribution in [3.8, 4) is 0 Å². The van der Waals surface area contributed by atoms with E-state index >= 15 is 0 Å². The Morgan fingerprint density at radius 2 is 1.74 bits per heavy atom. The first-order chi connectivity index (χ1) is 12.1. The summed E-state index contributed by atoms with van der Waals surface area (Å²) in [7, 11) is 0. The Labute approximate surface area is 168 Å². The Morgan fingerprint density at radius 1 is 1.15 bits per heavy atom. The number of nitrogens with one attached hydrogen (secondary N) is 2. The molecule has 1 aromatic rings. The number of amides is 3. The van der Waals surface area contributed by atoms with Crippen LogP contribution >= 0.6 is 12.4 Å². The van der Waals surface area contributed by atoms with Crippen LogP contribution < -0.4 is 16.4 Å². The van der Waals surface area contributed by atoms with Gasteiger partial charge in [0.15, 0.2) is 0 Å². The van der Waals surface area contributed by atoms with Crippen LogP contribution in [0.4, 0.5) is 4.79 Å². The number of halogens is 1. The van der Waals surface area contributed by atoms with E-state index in [0.29, 0.717) is 13.1 Å². The van der Waals surface area contributed by atoms with Crippen molar-refractivity contribution in [2.24, 2.45) is 11.7 Å². The fraction of sp³-hybridized carbons (Fsp3) is 0.600. The van der Waals surface area contributed by atoms with Crippen molar-refractivity contribution in [2.45, 2.75) is 58.2 Å². The van der Waals surface area contributed by atoms with Crippen LogP contribution in [0.1, 0.15) is 46.1 Å². The zero-order chi connectivity index (χ0) is 19.5. The molecular formula is C20H33ClN4O2. The van der Waals surface area contributed by atoms with Gasteiger partial charge in [-0.25, -0.2) is 4.79 Å². The molecule has 0 bridgehead atoms. The van der Waals surface area contributed by atoms with E-state index in [1.165, 1.54) is 0 Å². The quantitative estimate of drug-likeness (QED) is 0.730. The van der Waals surface area contributed by atoms with Gasteiger partial charge in [0.1, 0.15) is 6.04 Å². The normalized spacial score (nSPS) is 20.8. The minimum Gasteiger partial charge on any atom is -0.339 e. The van der Waals surface area contributed by atoms with Crippen molar-refractivity contribution in [3.63, 3.8) is 0 Å². The van der Waals surface area contributed by atoms with Gasteiger partial charge in [0, 0.05) is 30.6 Å². The van der Waals surface area contributed by atoms with Crippen LogP contribution in [-0.4, -0.2) is 47.6 Å². The standard InChI is InChI=1S/C20H32N4O2.ClH/c1-13(2)17(22-19(26)23-20(3,4)5)18(25)24-11-15(16(21)12-24)14-9-7-6-8-10-14;/h6-10,13,15-17H,11-12,21H2,1-5H3,(H2,22,23,26);1H/t15-,16+,17-;/m0./s1. The van der Waals surface area contributed by atoms with Gasteiger partial charge in [0.2, 0.25) is 5.91 Å². The number of hydrogen-bond donors (Lipinski definition) is 3. The first kappa shape index (κ1) is 23.2. The predicted octanol–water partition coefficient (Wildman–Crippen LogP) is 2.48. The summed E-state index contributed by atoms with van der Waals surface area (Å²) < 4.78 is 0. The SMILES string of the molecule is CC(C)[C@H](NC(=O)NC(C)(C)C)C(=O)N1C[C@@H](N)[C@H](c2ccccc2)C1.Cl. The molecule has 152 valence electrons. The predicted molar refractivity (Wildman–Crippen MR) is 111 cm³/mol. The van der Waals surface area contributed by atoms with Gasteiger partial charge in [-0.15, -0.1) is 12.4 Å². The third kappa shape index (κ3) is 6.40. The van der Waals surface area contributed by atoms with Gasteiger partial charge >= 0.3 is 6.03 Å². The van der Waals surface area contributed by atoms with Gasteiger partial charge < -0.3 is 21.3 Å². The third-order valence-electron chi connectivity index (χ3n) is 4.61. The van der Waals surface area contributed by atoms with E-state index in [1.54, 1.807) is 4.90 Å².